The molecule has 2 aromatic rings. The topological polar surface area (TPSA) is 69.6 Å². The van der Waals surface area contributed by atoms with E-state index in [2.05, 4.69) is 5.32 Å². The van der Waals surface area contributed by atoms with Gasteiger partial charge in [0.15, 0.2) is 0 Å². The quantitative estimate of drug-likeness (QED) is 0.894. The molecular formula is C18H20N2O3S. The van der Waals surface area contributed by atoms with Gasteiger partial charge < -0.3 is 10.4 Å². The number of likely N-dealkylation sites (N-methyl/N-ethyl adjacent to an activating group) is 1. The molecule has 1 saturated heterocycles. The Hall–Kier alpha value is -2.18. The summed E-state index contributed by atoms with van der Waals surface area (Å²) in [5.41, 5.74) is 2.17. The lowest BCUT2D eigenvalue weighted by atomic mass is 10.1. The molecule has 6 heteroatoms. The van der Waals surface area contributed by atoms with E-state index in [4.69, 9.17) is 5.11 Å². The lowest BCUT2D eigenvalue weighted by Crippen LogP contribution is -2.36. The predicted octanol–water partition coefficient (Wildman–Crippen LogP) is 2.61. The largest absolute Gasteiger partial charge is 0.480 e. The number of rotatable bonds is 4. The first-order chi connectivity index (χ1) is 11.5. The molecule has 126 valence electrons. The molecule has 0 radical (unpaired) electrons. The summed E-state index contributed by atoms with van der Waals surface area (Å²) in [7, 11) is 1.77. The third kappa shape index (κ3) is 3.34. The van der Waals surface area contributed by atoms with Crippen LogP contribution in [-0.2, 0) is 4.79 Å². The van der Waals surface area contributed by atoms with Crippen LogP contribution in [0.25, 0.3) is 10.4 Å². The van der Waals surface area contributed by atoms with Gasteiger partial charge in [0.25, 0.3) is 5.91 Å². The maximum atomic E-state index is 12.5. The molecule has 0 unspecified atom stereocenters. The molecule has 5 nitrogen and oxygen atoms in total. The van der Waals surface area contributed by atoms with Gasteiger partial charge in [0, 0.05) is 17.5 Å². The number of carboxylic acid groups (broad SMARTS) is 1. The average Bonchev–Trinajstić information content (AvgIpc) is 3.11. The highest BCUT2D eigenvalue weighted by atomic mass is 32.1. The molecule has 1 fully saturated rings. The van der Waals surface area contributed by atoms with Gasteiger partial charge in [-0.05, 0) is 37.6 Å². The summed E-state index contributed by atoms with van der Waals surface area (Å²) in [5.74, 6) is -0.970. The Balaban J connectivity index is 1.72. The van der Waals surface area contributed by atoms with Crippen molar-refractivity contribution in [2.45, 2.75) is 25.4 Å². The standard InChI is InChI=1S/C18H20N2O3S/c1-11-8-15(24-16(11)12-6-4-3-5-7-12)17(21)19-13-9-14(18(22)23)20(2)10-13/h3-8,13-14H,9-10H2,1-2H3,(H,19,21)(H,22,23)/t13-,14-/m0/s1. The lowest BCUT2D eigenvalue weighted by Gasteiger charge is -2.13. The van der Waals surface area contributed by atoms with Crippen LogP contribution in [0.4, 0.5) is 0 Å². The van der Waals surface area contributed by atoms with Crippen LogP contribution in [0.15, 0.2) is 36.4 Å². The Kier molecular flexibility index (Phi) is 4.69. The van der Waals surface area contributed by atoms with Crippen molar-refractivity contribution in [3.8, 4) is 10.4 Å². The van der Waals surface area contributed by atoms with Crippen LogP contribution >= 0.6 is 11.3 Å². The Labute approximate surface area is 144 Å². The Morgan fingerprint density at radius 1 is 1.29 bits per heavy atom. The number of aryl methyl sites for hydroxylation is 1. The van der Waals surface area contributed by atoms with Gasteiger partial charge in [0.2, 0.25) is 0 Å². The van der Waals surface area contributed by atoms with Crippen LogP contribution in [0.1, 0.15) is 21.7 Å². The van der Waals surface area contributed by atoms with Crippen molar-refractivity contribution in [3.63, 3.8) is 0 Å². The molecule has 0 saturated carbocycles. The molecule has 0 spiro atoms. The second kappa shape index (κ2) is 6.75. The normalized spacial score (nSPS) is 20.9. The van der Waals surface area contributed by atoms with Gasteiger partial charge in [-0.1, -0.05) is 30.3 Å². The molecule has 3 rings (SSSR count). The first-order valence-corrected chi connectivity index (χ1v) is 8.67. The Bertz CT molecular complexity index is 757. The van der Waals surface area contributed by atoms with Gasteiger partial charge in [-0.25, -0.2) is 0 Å². The maximum absolute atomic E-state index is 12.5. The summed E-state index contributed by atoms with van der Waals surface area (Å²) in [5, 5.41) is 12.1. The summed E-state index contributed by atoms with van der Waals surface area (Å²) in [6.07, 6.45) is 0.438. The second-order valence-electron chi connectivity index (χ2n) is 6.19. The van der Waals surface area contributed by atoms with Gasteiger partial charge >= 0.3 is 5.97 Å². The van der Waals surface area contributed by atoms with Crippen molar-refractivity contribution in [1.82, 2.24) is 10.2 Å². The Morgan fingerprint density at radius 3 is 2.62 bits per heavy atom. The van der Waals surface area contributed by atoms with Crippen molar-refractivity contribution >= 4 is 23.2 Å². The zero-order chi connectivity index (χ0) is 17.3. The monoisotopic (exact) mass is 344 g/mol. The summed E-state index contributed by atoms with van der Waals surface area (Å²) < 4.78 is 0. The second-order valence-corrected chi connectivity index (χ2v) is 7.24. The average molecular weight is 344 g/mol. The van der Waals surface area contributed by atoms with Crippen molar-refractivity contribution in [1.29, 1.82) is 0 Å². The van der Waals surface area contributed by atoms with E-state index >= 15 is 0 Å². The molecule has 2 heterocycles. The fraction of sp³-hybridized carbons (Fsp3) is 0.333. The Morgan fingerprint density at radius 2 is 2.00 bits per heavy atom. The molecule has 2 N–H and O–H groups in total. The van der Waals surface area contributed by atoms with Crippen LogP contribution in [0.3, 0.4) is 0 Å². The molecule has 1 amide bonds. The maximum Gasteiger partial charge on any atom is 0.320 e. The smallest absolute Gasteiger partial charge is 0.320 e. The molecule has 24 heavy (non-hydrogen) atoms. The number of carboxylic acids is 1. The number of benzene rings is 1. The van der Waals surface area contributed by atoms with E-state index in [9.17, 15) is 9.59 Å². The first kappa shape index (κ1) is 16.7. The number of thiophene rings is 1. The molecule has 0 bridgehead atoms. The zero-order valence-electron chi connectivity index (χ0n) is 13.7. The van der Waals surface area contributed by atoms with Gasteiger partial charge in [-0.2, -0.15) is 0 Å². The van der Waals surface area contributed by atoms with E-state index in [1.807, 2.05) is 43.3 Å². The summed E-state index contributed by atoms with van der Waals surface area (Å²) in [6, 6.07) is 11.2. The van der Waals surface area contributed by atoms with Crippen molar-refractivity contribution in [2.24, 2.45) is 0 Å². The van der Waals surface area contributed by atoms with E-state index < -0.39 is 12.0 Å². The van der Waals surface area contributed by atoms with Crippen LogP contribution in [-0.4, -0.2) is 47.6 Å². The number of carbonyl (C=O) groups excluding carboxylic acids is 1. The predicted molar refractivity (Wildman–Crippen MR) is 94.4 cm³/mol. The molecule has 1 aliphatic rings. The molecule has 1 aliphatic heterocycles. The third-order valence-corrected chi connectivity index (χ3v) is 5.63. The van der Waals surface area contributed by atoms with Crippen molar-refractivity contribution in [2.75, 3.05) is 13.6 Å². The van der Waals surface area contributed by atoms with Crippen LogP contribution in [0, 0.1) is 6.92 Å². The van der Waals surface area contributed by atoms with E-state index in [1.54, 1.807) is 11.9 Å². The minimum atomic E-state index is -0.840. The first-order valence-electron chi connectivity index (χ1n) is 7.85. The number of nitrogens with zero attached hydrogens (tertiary/aromatic N) is 1. The summed E-state index contributed by atoms with van der Waals surface area (Å²) in [6.45, 7) is 2.55. The van der Waals surface area contributed by atoms with Crippen molar-refractivity contribution < 1.29 is 14.7 Å². The highest BCUT2D eigenvalue weighted by Crippen LogP contribution is 2.32. The van der Waals surface area contributed by atoms with Gasteiger partial charge in [0.05, 0.1) is 4.88 Å². The van der Waals surface area contributed by atoms with Crippen molar-refractivity contribution in [3.05, 3.63) is 46.8 Å². The van der Waals surface area contributed by atoms with E-state index in [0.717, 1.165) is 16.0 Å². The third-order valence-electron chi connectivity index (χ3n) is 4.35. The van der Waals surface area contributed by atoms with E-state index in [-0.39, 0.29) is 11.9 Å². The summed E-state index contributed by atoms with van der Waals surface area (Å²) in [4.78, 5) is 27.2. The van der Waals surface area contributed by atoms with Gasteiger partial charge in [-0.15, -0.1) is 11.3 Å². The molecule has 0 aliphatic carbocycles. The SMILES string of the molecule is Cc1cc(C(=O)N[C@H]2C[C@@H](C(=O)O)N(C)C2)sc1-c1ccccc1. The van der Waals surface area contributed by atoms with E-state index in [0.29, 0.717) is 17.8 Å². The minimum absolute atomic E-state index is 0.130. The number of nitrogens with one attached hydrogen (secondary N) is 1. The fourth-order valence-corrected chi connectivity index (χ4v) is 4.20. The molecule has 1 aromatic heterocycles. The summed E-state index contributed by atoms with van der Waals surface area (Å²) >= 11 is 1.47. The highest BCUT2D eigenvalue weighted by molar-refractivity contribution is 7.17. The molecule has 1 aromatic carbocycles. The molecular weight excluding hydrogens is 324 g/mol. The van der Waals surface area contributed by atoms with Gasteiger partial charge in [0.1, 0.15) is 6.04 Å². The molecule has 2 atom stereocenters. The number of hydrogen-bond acceptors (Lipinski definition) is 4. The number of likely N-dealkylation sites (tertiary alicyclic amines) is 1. The number of aliphatic carboxylic acids is 1. The van der Waals surface area contributed by atoms with E-state index in [1.165, 1.54) is 11.3 Å². The van der Waals surface area contributed by atoms with Crippen LogP contribution < -0.4 is 5.32 Å². The highest BCUT2D eigenvalue weighted by Gasteiger charge is 2.35. The minimum Gasteiger partial charge on any atom is -0.480 e. The lowest BCUT2D eigenvalue weighted by molar-refractivity contribution is -0.141. The number of amides is 1. The number of carbonyl (C=O) groups is 2. The van der Waals surface area contributed by atoms with Gasteiger partial charge in [-0.3, -0.25) is 14.5 Å². The fourth-order valence-electron chi connectivity index (χ4n) is 3.12. The van der Waals surface area contributed by atoms with Crippen LogP contribution in [0.2, 0.25) is 0 Å². The number of hydrogen-bond donors (Lipinski definition) is 2. The van der Waals surface area contributed by atoms with Crippen LogP contribution in [0.5, 0.6) is 0 Å². The zero-order valence-corrected chi connectivity index (χ0v) is 14.5.